The van der Waals surface area contributed by atoms with E-state index in [1.165, 1.54) is 19.3 Å². The summed E-state index contributed by atoms with van der Waals surface area (Å²) < 4.78 is 0. The molecule has 0 radical (unpaired) electrons. The Hall–Kier alpha value is -1.65. The van der Waals surface area contributed by atoms with Gasteiger partial charge in [0.1, 0.15) is 5.82 Å². The second-order valence-corrected chi connectivity index (χ2v) is 5.28. The van der Waals surface area contributed by atoms with Crippen molar-refractivity contribution in [2.45, 2.75) is 32.7 Å². The van der Waals surface area contributed by atoms with Crippen LogP contribution in [0.25, 0.3) is 10.9 Å². The van der Waals surface area contributed by atoms with Crippen molar-refractivity contribution >= 4 is 16.7 Å². The van der Waals surface area contributed by atoms with Crippen molar-refractivity contribution in [1.82, 2.24) is 9.88 Å². The fourth-order valence-corrected chi connectivity index (χ4v) is 2.41. The predicted molar refractivity (Wildman–Crippen MR) is 85.4 cm³/mol. The zero-order chi connectivity index (χ0) is 14.4. The monoisotopic (exact) mass is 272 g/mol. The number of nitrogen functional groups attached to an aromatic ring is 1. The molecular weight excluding hydrogens is 248 g/mol. The summed E-state index contributed by atoms with van der Waals surface area (Å²) in [6.07, 6.45) is 3.77. The Morgan fingerprint density at radius 3 is 2.80 bits per heavy atom. The van der Waals surface area contributed by atoms with E-state index in [1.54, 1.807) is 0 Å². The molecule has 3 N–H and O–H groups in total. The van der Waals surface area contributed by atoms with Crippen molar-refractivity contribution in [3.8, 4) is 0 Å². The molecule has 1 aromatic carbocycles. The van der Waals surface area contributed by atoms with Crippen LogP contribution in [0.1, 0.15) is 31.7 Å². The van der Waals surface area contributed by atoms with E-state index in [9.17, 15) is 0 Å². The van der Waals surface area contributed by atoms with E-state index < -0.39 is 0 Å². The molecule has 0 aliphatic heterocycles. The molecule has 20 heavy (non-hydrogen) atoms. The Morgan fingerprint density at radius 1 is 1.25 bits per heavy atom. The highest BCUT2D eigenvalue weighted by Gasteiger charge is 2.08. The molecule has 2 aromatic rings. The Bertz CT molecular complexity index is 553. The number of anilines is 1. The fourth-order valence-electron chi connectivity index (χ4n) is 2.41. The van der Waals surface area contributed by atoms with E-state index in [-0.39, 0.29) is 0 Å². The SMILES string of the molecule is CCCCCN(C)Cc1cc2ccccc2nc1NN. The molecule has 4 nitrogen and oxygen atoms in total. The van der Waals surface area contributed by atoms with Gasteiger partial charge in [-0.3, -0.25) is 0 Å². The van der Waals surface area contributed by atoms with Crippen molar-refractivity contribution in [2.75, 3.05) is 19.0 Å². The number of pyridine rings is 1. The van der Waals surface area contributed by atoms with Gasteiger partial charge in [0.15, 0.2) is 0 Å². The van der Waals surface area contributed by atoms with Crippen LogP contribution in [0, 0.1) is 0 Å². The van der Waals surface area contributed by atoms with Crippen molar-refractivity contribution < 1.29 is 0 Å². The van der Waals surface area contributed by atoms with E-state index in [0.717, 1.165) is 35.4 Å². The van der Waals surface area contributed by atoms with Crippen LogP contribution in [-0.2, 0) is 6.54 Å². The maximum atomic E-state index is 5.61. The van der Waals surface area contributed by atoms with Crippen LogP contribution < -0.4 is 11.3 Å². The van der Waals surface area contributed by atoms with Crippen LogP contribution >= 0.6 is 0 Å². The minimum atomic E-state index is 0.769. The third-order valence-electron chi connectivity index (χ3n) is 3.52. The summed E-state index contributed by atoms with van der Waals surface area (Å²) in [4.78, 5) is 6.90. The first kappa shape index (κ1) is 14.8. The average molecular weight is 272 g/mol. The number of benzene rings is 1. The number of hydrogen-bond acceptors (Lipinski definition) is 4. The lowest BCUT2D eigenvalue weighted by atomic mass is 10.1. The minimum absolute atomic E-state index is 0.769. The maximum Gasteiger partial charge on any atom is 0.145 e. The van der Waals surface area contributed by atoms with Gasteiger partial charge in [-0.25, -0.2) is 10.8 Å². The zero-order valence-corrected chi connectivity index (χ0v) is 12.4. The van der Waals surface area contributed by atoms with Gasteiger partial charge in [-0.2, -0.15) is 0 Å². The number of para-hydroxylation sites is 1. The number of aromatic nitrogens is 1. The van der Waals surface area contributed by atoms with Gasteiger partial charge >= 0.3 is 0 Å². The summed E-state index contributed by atoms with van der Waals surface area (Å²) in [5.41, 5.74) is 4.84. The van der Waals surface area contributed by atoms with E-state index in [2.05, 4.69) is 41.4 Å². The summed E-state index contributed by atoms with van der Waals surface area (Å²) in [6, 6.07) is 10.3. The molecular formula is C16H24N4. The molecule has 1 aromatic heterocycles. The van der Waals surface area contributed by atoms with Crippen molar-refractivity contribution in [3.05, 3.63) is 35.9 Å². The molecule has 0 unspecified atom stereocenters. The Morgan fingerprint density at radius 2 is 2.05 bits per heavy atom. The third-order valence-corrected chi connectivity index (χ3v) is 3.52. The topological polar surface area (TPSA) is 54.2 Å². The lowest BCUT2D eigenvalue weighted by molar-refractivity contribution is 0.318. The molecule has 0 bridgehead atoms. The number of hydrazine groups is 1. The van der Waals surface area contributed by atoms with E-state index >= 15 is 0 Å². The molecule has 0 aliphatic rings. The van der Waals surface area contributed by atoms with Gasteiger partial charge in [0.05, 0.1) is 5.52 Å². The van der Waals surface area contributed by atoms with Crippen molar-refractivity contribution in [1.29, 1.82) is 0 Å². The van der Waals surface area contributed by atoms with Crippen molar-refractivity contribution in [2.24, 2.45) is 5.84 Å². The highest BCUT2D eigenvalue weighted by molar-refractivity contribution is 5.81. The molecule has 4 heteroatoms. The molecule has 0 saturated heterocycles. The van der Waals surface area contributed by atoms with Gasteiger partial charge < -0.3 is 10.3 Å². The lowest BCUT2D eigenvalue weighted by Crippen LogP contribution is -2.21. The van der Waals surface area contributed by atoms with Crippen LogP contribution in [0.15, 0.2) is 30.3 Å². The Labute approximate surface area is 121 Å². The van der Waals surface area contributed by atoms with Crippen molar-refractivity contribution in [3.63, 3.8) is 0 Å². The molecule has 1 heterocycles. The highest BCUT2D eigenvalue weighted by Crippen LogP contribution is 2.21. The number of hydrogen-bond donors (Lipinski definition) is 2. The maximum absolute atomic E-state index is 5.61. The zero-order valence-electron chi connectivity index (χ0n) is 12.4. The Balaban J connectivity index is 2.15. The molecule has 0 atom stereocenters. The van der Waals surface area contributed by atoms with Crippen LogP contribution in [-0.4, -0.2) is 23.5 Å². The molecule has 108 valence electrons. The number of rotatable bonds is 7. The number of fused-ring (bicyclic) bond motifs is 1. The molecule has 0 aliphatic carbocycles. The normalized spacial score (nSPS) is 11.2. The molecule has 2 rings (SSSR count). The molecule has 0 spiro atoms. The highest BCUT2D eigenvalue weighted by atomic mass is 15.3. The van der Waals surface area contributed by atoms with Gasteiger partial charge in [0.2, 0.25) is 0 Å². The first-order valence-corrected chi connectivity index (χ1v) is 7.28. The average Bonchev–Trinajstić information content (AvgIpc) is 2.46. The van der Waals surface area contributed by atoms with Crippen LogP contribution in [0.2, 0.25) is 0 Å². The predicted octanol–water partition coefficient (Wildman–Crippen LogP) is 3.14. The van der Waals surface area contributed by atoms with Crippen LogP contribution in [0.5, 0.6) is 0 Å². The van der Waals surface area contributed by atoms with Gasteiger partial charge in [-0.05, 0) is 32.1 Å². The number of nitrogens with zero attached hydrogens (tertiary/aromatic N) is 2. The summed E-state index contributed by atoms with van der Waals surface area (Å²) in [7, 11) is 2.14. The fraction of sp³-hybridized carbons (Fsp3) is 0.438. The van der Waals surface area contributed by atoms with E-state index in [0.29, 0.717) is 0 Å². The first-order chi connectivity index (χ1) is 9.74. The third kappa shape index (κ3) is 3.68. The quantitative estimate of drug-likeness (QED) is 0.462. The number of nitrogens with one attached hydrogen (secondary N) is 1. The standard InChI is InChI=1S/C16H24N4/c1-3-4-7-10-20(2)12-14-11-13-8-5-6-9-15(13)18-16(14)19-17/h5-6,8-9,11H,3-4,7,10,12,17H2,1-2H3,(H,18,19). The van der Waals surface area contributed by atoms with Gasteiger partial charge in [0, 0.05) is 17.5 Å². The lowest BCUT2D eigenvalue weighted by Gasteiger charge is -2.18. The number of nitrogens with two attached hydrogens (primary N) is 1. The van der Waals surface area contributed by atoms with Crippen LogP contribution in [0.3, 0.4) is 0 Å². The second kappa shape index (κ2) is 7.22. The summed E-state index contributed by atoms with van der Waals surface area (Å²) in [6.45, 7) is 4.19. The van der Waals surface area contributed by atoms with E-state index in [1.807, 2.05) is 18.2 Å². The smallest absolute Gasteiger partial charge is 0.145 e. The molecule has 0 saturated carbocycles. The first-order valence-electron chi connectivity index (χ1n) is 7.28. The van der Waals surface area contributed by atoms with Crippen LogP contribution in [0.4, 0.5) is 5.82 Å². The largest absolute Gasteiger partial charge is 0.308 e. The summed E-state index contributed by atoms with van der Waals surface area (Å²) >= 11 is 0. The summed E-state index contributed by atoms with van der Waals surface area (Å²) in [5, 5.41) is 1.16. The van der Waals surface area contributed by atoms with Gasteiger partial charge in [0.25, 0.3) is 0 Å². The minimum Gasteiger partial charge on any atom is -0.308 e. The Kier molecular flexibility index (Phi) is 5.32. The molecule has 0 amide bonds. The summed E-state index contributed by atoms with van der Waals surface area (Å²) in [5.74, 6) is 6.38. The second-order valence-electron chi connectivity index (χ2n) is 5.28. The van der Waals surface area contributed by atoms with Gasteiger partial charge in [-0.1, -0.05) is 38.0 Å². The number of unbranched alkanes of at least 4 members (excludes halogenated alkanes) is 2. The van der Waals surface area contributed by atoms with Gasteiger partial charge in [-0.15, -0.1) is 0 Å². The molecule has 0 fully saturated rings. The van der Waals surface area contributed by atoms with E-state index in [4.69, 9.17) is 5.84 Å².